The van der Waals surface area contributed by atoms with Crippen molar-refractivity contribution >= 4 is 5.97 Å². The lowest BCUT2D eigenvalue weighted by Crippen LogP contribution is -2.26. The van der Waals surface area contributed by atoms with E-state index in [1.54, 1.807) is 0 Å². The summed E-state index contributed by atoms with van der Waals surface area (Å²) in [7, 11) is 0. The number of allylic oxidation sites excluding steroid dienone is 5. The molecule has 1 atom stereocenters. The van der Waals surface area contributed by atoms with Gasteiger partial charge >= 0.3 is 5.97 Å². The Hall–Kier alpha value is -1.39. The van der Waals surface area contributed by atoms with Gasteiger partial charge in [-0.2, -0.15) is 0 Å². The second-order valence-corrected chi connectivity index (χ2v) is 6.11. The Kier molecular flexibility index (Phi) is 12.3. The van der Waals surface area contributed by atoms with E-state index in [1.807, 2.05) is 6.08 Å². The molecule has 0 bridgehead atoms. The molecule has 1 unspecified atom stereocenters. The van der Waals surface area contributed by atoms with Gasteiger partial charge in [0.1, 0.15) is 0 Å². The van der Waals surface area contributed by atoms with Crippen LogP contribution in [0.25, 0.3) is 0 Å². The van der Waals surface area contributed by atoms with E-state index < -0.39 is 18.7 Å². The van der Waals surface area contributed by atoms with E-state index in [4.69, 9.17) is 14.9 Å². The Labute approximate surface area is 140 Å². The minimum Gasteiger partial charge on any atom is -0.463 e. The first kappa shape index (κ1) is 21.6. The van der Waals surface area contributed by atoms with Gasteiger partial charge in [-0.3, -0.25) is 0 Å². The first-order valence-corrected chi connectivity index (χ1v) is 8.27. The lowest BCUT2D eigenvalue weighted by Gasteiger charge is -2.07. The number of carbonyl (C=O) groups excluding carboxylic acids is 1. The van der Waals surface area contributed by atoms with E-state index in [0.29, 0.717) is 6.42 Å². The van der Waals surface area contributed by atoms with E-state index in [0.717, 1.165) is 25.7 Å². The summed E-state index contributed by atoms with van der Waals surface area (Å²) in [6.07, 6.45) is 10.0. The van der Waals surface area contributed by atoms with Crippen LogP contribution >= 0.6 is 0 Å². The van der Waals surface area contributed by atoms with Crippen LogP contribution in [0.3, 0.4) is 0 Å². The van der Waals surface area contributed by atoms with Gasteiger partial charge < -0.3 is 14.9 Å². The zero-order valence-corrected chi connectivity index (χ0v) is 15.0. The molecule has 4 heteroatoms. The molecule has 2 N–H and O–H groups in total. The van der Waals surface area contributed by atoms with Gasteiger partial charge in [0.2, 0.25) is 0 Å². The Bertz CT molecular complexity index is 429. The van der Waals surface area contributed by atoms with Crippen molar-refractivity contribution in [2.24, 2.45) is 0 Å². The second kappa shape index (κ2) is 13.1. The van der Waals surface area contributed by atoms with E-state index in [9.17, 15) is 4.79 Å². The predicted molar refractivity (Wildman–Crippen MR) is 94.1 cm³/mol. The molecule has 0 aliphatic rings. The molecule has 23 heavy (non-hydrogen) atoms. The fourth-order valence-corrected chi connectivity index (χ4v) is 1.97. The molecule has 0 aliphatic heterocycles. The number of esters is 1. The summed E-state index contributed by atoms with van der Waals surface area (Å²) in [5.74, 6) is -0.770. The Morgan fingerprint density at radius 1 is 0.957 bits per heavy atom. The molecule has 0 fully saturated rings. The third-order valence-electron chi connectivity index (χ3n) is 3.42. The van der Waals surface area contributed by atoms with Crippen LogP contribution in [0.2, 0.25) is 0 Å². The molecule has 0 aromatic rings. The number of rotatable bonds is 11. The molecule has 0 aromatic carbocycles. The van der Waals surface area contributed by atoms with Crippen molar-refractivity contribution in [2.45, 2.75) is 65.9 Å². The highest BCUT2D eigenvalue weighted by Gasteiger charge is 2.14. The summed E-state index contributed by atoms with van der Waals surface area (Å²) in [6.45, 7) is 8.10. The molecule has 0 amide bonds. The fraction of sp³-hybridized carbons (Fsp3) is 0.632. The number of ether oxygens (including phenoxy) is 1. The second-order valence-electron chi connectivity index (χ2n) is 6.11. The normalized spacial score (nSPS) is 13.7. The average molecular weight is 324 g/mol. The smallest absolute Gasteiger partial charge is 0.337 e. The molecule has 0 saturated heterocycles. The Balaban J connectivity index is 3.90. The summed E-state index contributed by atoms with van der Waals surface area (Å²) in [5, 5.41) is 17.6. The molecule has 132 valence electrons. The highest BCUT2D eigenvalue weighted by molar-refractivity contribution is 5.74. The summed E-state index contributed by atoms with van der Waals surface area (Å²) >= 11 is 0. The van der Waals surface area contributed by atoms with Crippen molar-refractivity contribution in [3.63, 3.8) is 0 Å². The van der Waals surface area contributed by atoms with Gasteiger partial charge in [0, 0.05) is 0 Å². The van der Waals surface area contributed by atoms with Crippen LogP contribution in [0.1, 0.15) is 59.8 Å². The molecular formula is C19H32O4. The molecule has 0 radical (unpaired) electrons. The van der Waals surface area contributed by atoms with Crippen LogP contribution in [0.15, 0.2) is 34.9 Å². The van der Waals surface area contributed by atoms with Crippen LogP contribution in [-0.4, -0.2) is 35.5 Å². The van der Waals surface area contributed by atoms with Crippen molar-refractivity contribution in [3.05, 3.63) is 34.9 Å². The lowest BCUT2D eigenvalue weighted by atomic mass is 10.1. The van der Waals surface area contributed by atoms with Gasteiger partial charge in [0.15, 0.2) is 6.10 Å². The average Bonchev–Trinajstić information content (AvgIpc) is 2.50. The molecular weight excluding hydrogens is 292 g/mol. The number of hydrogen-bond acceptors (Lipinski definition) is 4. The Morgan fingerprint density at radius 2 is 1.48 bits per heavy atom. The van der Waals surface area contributed by atoms with Crippen molar-refractivity contribution in [2.75, 3.05) is 13.2 Å². The first-order valence-electron chi connectivity index (χ1n) is 8.27. The Morgan fingerprint density at radius 3 is 2.00 bits per heavy atom. The summed E-state index contributed by atoms with van der Waals surface area (Å²) in [6, 6.07) is 0. The summed E-state index contributed by atoms with van der Waals surface area (Å²) < 4.78 is 4.84. The zero-order valence-electron chi connectivity index (χ0n) is 15.0. The van der Waals surface area contributed by atoms with Crippen LogP contribution in [-0.2, 0) is 9.53 Å². The van der Waals surface area contributed by atoms with Crippen molar-refractivity contribution in [1.82, 2.24) is 0 Å². The number of hydrogen-bond donors (Lipinski definition) is 2. The summed E-state index contributed by atoms with van der Waals surface area (Å²) in [5.41, 5.74) is 4.04. The van der Waals surface area contributed by atoms with E-state index in [2.05, 4.69) is 39.8 Å². The van der Waals surface area contributed by atoms with Crippen LogP contribution in [0, 0.1) is 0 Å². The molecule has 4 nitrogen and oxygen atoms in total. The maximum atomic E-state index is 11.1. The van der Waals surface area contributed by atoms with Gasteiger partial charge in [0.25, 0.3) is 0 Å². The van der Waals surface area contributed by atoms with E-state index >= 15 is 0 Å². The fourth-order valence-electron chi connectivity index (χ4n) is 1.97. The predicted octanol–water partition coefficient (Wildman–Crippen LogP) is 3.69. The topological polar surface area (TPSA) is 66.8 Å². The molecule has 0 aliphatic carbocycles. The van der Waals surface area contributed by atoms with Crippen LogP contribution in [0.5, 0.6) is 0 Å². The van der Waals surface area contributed by atoms with Gasteiger partial charge in [-0.1, -0.05) is 34.9 Å². The first-order chi connectivity index (χ1) is 10.9. The third kappa shape index (κ3) is 12.8. The molecule has 0 saturated carbocycles. The van der Waals surface area contributed by atoms with E-state index in [-0.39, 0.29) is 6.61 Å². The number of carbonyl (C=O) groups is 1. The number of aliphatic hydroxyl groups is 2. The van der Waals surface area contributed by atoms with Crippen LogP contribution in [0.4, 0.5) is 0 Å². The minimum absolute atomic E-state index is 0.227. The van der Waals surface area contributed by atoms with E-state index in [1.165, 1.54) is 16.7 Å². The van der Waals surface area contributed by atoms with Crippen molar-refractivity contribution < 1.29 is 19.7 Å². The highest BCUT2D eigenvalue weighted by Crippen LogP contribution is 2.11. The van der Waals surface area contributed by atoms with Crippen molar-refractivity contribution in [3.8, 4) is 0 Å². The molecule has 0 heterocycles. The van der Waals surface area contributed by atoms with Crippen LogP contribution < -0.4 is 0 Å². The minimum atomic E-state index is -1.43. The van der Waals surface area contributed by atoms with Gasteiger partial charge in [-0.05, 0) is 59.8 Å². The molecule has 0 aromatic heterocycles. The third-order valence-corrected chi connectivity index (χ3v) is 3.42. The van der Waals surface area contributed by atoms with Crippen molar-refractivity contribution in [1.29, 1.82) is 0 Å². The molecule has 0 rings (SSSR count). The zero-order chi connectivity index (χ0) is 17.7. The van der Waals surface area contributed by atoms with Gasteiger partial charge in [0.05, 0.1) is 13.2 Å². The van der Waals surface area contributed by atoms with Gasteiger partial charge in [-0.15, -0.1) is 0 Å². The number of aliphatic hydroxyl groups excluding tert-OH is 2. The lowest BCUT2D eigenvalue weighted by molar-refractivity contribution is -0.155. The largest absolute Gasteiger partial charge is 0.463 e. The SMILES string of the molecule is CC(C)=CCC/C(C)=C/CC/C(C)=C/CCOC(=O)C(O)CO. The molecule has 0 spiro atoms. The quantitative estimate of drug-likeness (QED) is 0.345. The monoisotopic (exact) mass is 324 g/mol. The maximum Gasteiger partial charge on any atom is 0.337 e. The standard InChI is InChI=1S/C19H32O4/c1-15(2)8-5-9-16(3)10-6-11-17(4)12-7-13-23-19(22)18(21)14-20/h8,10,12,18,20-21H,5-7,9,11,13-14H2,1-4H3/b16-10+,17-12+. The highest BCUT2D eigenvalue weighted by atomic mass is 16.5. The summed E-state index contributed by atoms with van der Waals surface area (Å²) in [4.78, 5) is 11.1. The maximum absolute atomic E-state index is 11.1. The van der Waals surface area contributed by atoms with Gasteiger partial charge in [-0.25, -0.2) is 4.79 Å².